The molecule has 0 aromatic carbocycles. The Morgan fingerprint density at radius 1 is 1.56 bits per heavy atom. The van der Waals surface area contributed by atoms with Crippen LogP contribution in [-0.2, 0) is 9.47 Å². The summed E-state index contributed by atoms with van der Waals surface area (Å²) in [7, 11) is 1.34. The Morgan fingerprint density at radius 3 is 2.75 bits per heavy atom. The van der Waals surface area contributed by atoms with Crippen molar-refractivity contribution in [3.05, 3.63) is 17.7 Å². The number of imidazole rings is 1. The van der Waals surface area contributed by atoms with Gasteiger partial charge in [0.05, 0.1) is 13.3 Å². The van der Waals surface area contributed by atoms with Crippen LogP contribution in [0.25, 0.3) is 0 Å². The second-order valence-electron chi connectivity index (χ2n) is 3.79. The van der Waals surface area contributed by atoms with Crippen LogP contribution in [0.3, 0.4) is 0 Å². The lowest BCUT2D eigenvalue weighted by atomic mass is 10.1. The van der Waals surface area contributed by atoms with E-state index in [1.807, 2.05) is 20.8 Å². The van der Waals surface area contributed by atoms with E-state index in [4.69, 9.17) is 4.74 Å². The summed E-state index contributed by atoms with van der Waals surface area (Å²) in [6, 6.07) is 0. The highest BCUT2D eigenvalue weighted by molar-refractivity contribution is 5.86. The van der Waals surface area contributed by atoms with Crippen LogP contribution in [0, 0.1) is 5.92 Å². The summed E-state index contributed by atoms with van der Waals surface area (Å²) in [5.74, 6) is 0.534. The van der Waals surface area contributed by atoms with E-state index in [9.17, 15) is 4.79 Å². The number of esters is 1. The van der Waals surface area contributed by atoms with Gasteiger partial charge in [-0.3, -0.25) is 0 Å². The summed E-state index contributed by atoms with van der Waals surface area (Å²) in [6.45, 7) is 6.62. The molecule has 5 nitrogen and oxygen atoms in total. The van der Waals surface area contributed by atoms with Crippen molar-refractivity contribution in [2.24, 2.45) is 5.92 Å². The third-order valence-electron chi connectivity index (χ3n) is 2.22. The molecule has 5 heteroatoms. The lowest BCUT2D eigenvalue weighted by molar-refractivity contribution is 0.0236. The molecule has 0 aliphatic heterocycles. The molecule has 0 spiro atoms. The van der Waals surface area contributed by atoms with Gasteiger partial charge in [-0.15, -0.1) is 0 Å². The number of carbonyl (C=O) groups excluding carboxylic acids is 1. The second kappa shape index (κ2) is 5.65. The first-order valence-electron chi connectivity index (χ1n) is 5.35. The van der Waals surface area contributed by atoms with E-state index in [1.54, 1.807) is 0 Å². The maximum absolute atomic E-state index is 11.2. The van der Waals surface area contributed by atoms with Gasteiger partial charge in [-0.05, 0) is 12.8 Å². The van der Waals surface area contributed by atoms with Gasteiger partial charge in [0, 0.05) is 6.61 Å². The maximum Gasteiger partial charge on any atom is 0.356 e. The summed E-state index contributed by atoms with van der Waals surface area (Å²) >= 11 is 0. The third-order valence-corrected chi connectivity index (χ3v) is 2.22. The predicted molar refractivity (Wildman–Crippen MR) is 59.1 cm³/mol. The monoisotopic (exact) mass is 226 g/mol. The van der Waals surface area contributed by atoms with Gasteiger partial charge >= 0.3 is 5.97 Å². The molecule has 1 N–H and O–H groups in total. The molecule has 1 aromatic rings. The van der Waals surface area contributed by atoms with Crippen LogP contribution < -0.4 is 0 Å². The molecule has 1 rings (SSSR count). The van der Waals surface area contributed by atoms with E-state index in [2.05, 4.69) is 14.7 Å². The fourth-order valence-corrected chi connectivity index (χ4v) is 1.46. The Kier molecular flexibility index (Phi) is 4.49. The van der Waals surface area contributed by atoms with Crippen molar-refractivity contribution in [2.75, 3.05) is 13.7 Å². The highest BCUT2D eigenvalue weighted by Gasteiger charge is 2.20. The zero-order valence-corrected chi connectivity index (χ0v) is 10.1. The number of hydrogen-bond acceptors (Lipinski definition) is 4. The van der Waals surface area contributed by atoms with E-state index in [1.165, 1.54) is 13.3 Å². The number of methoxy groups -OCH3 is 1. The highest BCUT2D eigenvalue weighted by Crippen LogP contribution is 2.23. The fourth-order valence-electron chi connectivity index (χ4n) is 1.46. The van der Waals surface area contributed by atoms with Crippen molar-refractivity contribution in [1.29, 1.82) is 0 Å². The first-order chi connectivity index (χ1) is 7.60. The van der Waals surface area contributed by atoms with E-state index in [-0.39, 0.29) is 12.0 Å². The molecule has 1 heterocycles. The van der Waals surface area contributed by atoms with Crippen LogP contribution in [0.5, 0.6) is 0 Å². The molecule has 1 atom stereocenters. The largest absolute Gasteiger partial charge is 0.464 e. The number of ether oxygens (including phenoxy) is 2. The summed E-state index contributed by atoms with van der Waals surface area (Å²) in [6.07, 6.45) is 1.35. The molecule has 0 bridgehead atoms. The number of carbonyl (C=O) groups is 1. The number of aromatic amines is 1. The molecule has 1 aromatic heterocycles. The SMILES string of the molecule is CCOC(c1ncc(C(=O)OC)[nH]1)C(C)C. The van der Waals surface area contributed by atoms with Gasteiger partial charge < -0.3 is 14.5 Å². The van der Waals surface area contributed by atoms with Crippen LogP contribution in [0.2, 0.25) is 0 Å². The van der Waals surface area contributed by atoms with Crippen LogP contribution >= 0.6 is 0 Å². The zero-order chi connectivity index (χ0) is 12.1. The first kappa shape index (κ1) is 12.7. The van der Waals surface area contributed by atoms with Gasteiger partial charge in [0.2, 0.25) is 0 Å². The molecule has 1 unspecified atom stereocenters. The van der Waals surface area contributed by atoms with Gasteiger partial charge in [0.25, 0.3) is 0 Å². The summed E-state index contributed by atoms with van der Waals surface area (Å²) in [5, 5.41) is 0. The van der Waals surface area contributed by atoms with Gasteiger partial charge in [-0.2, -0.15) is 0 Å². The van der Waals surface area contributed by atoms with E-state index < -0.39 is 5.97 Å². The highest BCUT2D eigenvalue weighted by atomic mass is 16.5. The lowest BCUT2D eigenvalue weighted by Crippen LogP contribution is -2.13. The zero-order valence-electron chi connectivity index (χ0n) is 10.1. The smallest absolute Gasteiger partial charge is 0.356 e. The predicted octanol–water partition coefficient (Wildman–Crippen LogP) is 1.93. The normalized spacial score (nSPS) is 12.8. The van der Waals surface area contributed by atoms with Gasteiger partial charge in [0.15, 0.2) is 0 Å². The van der Waals surface area contributed by atoms with Crippen molar-refractivity contribution < 1.29 is 14.3 Å². The number of rotatable bonds is 5. The molecule has 0 saturated carbocycles. The molecular weight excluding hydrogens is 208 g/mol. The molecule has 90 valence electrons. The average molecular weight is 226 g/mol. The van der Waals surface area contributed by atoms with Crippen LogP contribution in [-0.4, -0.2) is 29.7 Å². The van der Waals surface area contributed by atoms with Crippen molar-refractivity contribution >= 4 is 5.97 Å². The molecule has 0 fully saturated rings. The standard InChI is InChI=1S/C11H18N2O3/c1-5-16-9(7(2)3)10-12-6-8(13-10)11(14)15-4/h6-7,9H,5H2,1-4H3,(H,12,13). The van der Waals surface area contributed by atoms with Crippen molar-refractivity contribution in [3.8, 4) is 0 Å². The molecule has 16 heavy (non-hydrogen) atoms. The van der Waals surface area contributed by atoms with E-state index in [0.29, 0.717) is 18.1 Å². The molecule has 0 saturated heterocycles. The van der Waals surface area contributed by atoms with Gasteiger partial charge in [-0.25, -0.2) is 9.78 Å². The molecular formula is C11H18N2O3. The van der Waals surface area contributed by atoms with E-state index in [0.717, 1.165) is 0 Å². The summed E-state index contributed by atoms with van der Waals surface area (Å²) in [4.78, 5) is 18.3. The molecule has 0 aliphatic carbocycles. The Bertz CT molecular complexity index is 347. The summed E-state index contributed by atoms with van der Waals surface area (Å²) in [5.41, 5.74) is 0.350. The number of nitrogens with one attached hydrogen (secondary N) is 1. The minimum absolute atomic E-state index is 0.122. The van der Waals surface area contributed by atoms with Crippen molar-refractivity contribution in [1.82, 2.24) is 9.97 Å². The van der Waals surface area contributed by atoms with Gasteiger partial charge in [0.1, 0.15) is 17.6 Å². The minimum atomic E-state index is -0.419. The van der Waals surface area contributed by atoms with Crippen LogP contribution in [0.4, 0.5) is 0 Å². The van der Waals surface area contributed by atoms with Crippen molar-refractivity contribution in [2.45, 2.75) is 26.9 Å². The number of aromatic nitrogens is 2. The first-order valence-corrected chi connectivity index (χ1v) is 5.35. The molecule has 0 aliphatic rings. The van der Waals surface area contributed by atoms with Crippen LogP contribution in [0.1, 0.15) is 43.2 Å². The topological polar surface area (TPSA) is 64.2 Å². The number of nitrogens with zero attached hydrogens (tertiary/aromatic N) is 1. The minimum Gasteiger partial charge on any atom is -0.464 e. The Hall–Kier alpha value is -1.36. The van der Waals surface area contributed by atoms with Gasteiger partial charge in [-0.1, -0.05) is 13.8 Å². The maximum atomic E-state index is 11.2. The van der Waals surface area contributed by atoms with E-state index >= 15 is 0 Å². The van der Waals surface area contributed by atoms with Crippen molar-refractivity contribution in [3.63, 3.8) is 0 Å². The Morgan fingerprint density at radius 2 is 2.25 bits per heavy atom. The fraction of sp³-hybridized carbons (Fsp3) is 0.636. The summed E-state index contributed by atoms with van der Waals surface area (Å²) < 4.78 is 10.2. The number of hydrogen-bond donors (Lipinski definition) is 1. The Balaban J connectivity index is 2.85. The van der Waals surface area contributed by atoms with Crippen LogP contribution in [0.15, 0.2) is 6.20 Å². The quantitative estimate of drug-likeness (QED) is 0.779. The number of H-pyrrole nitrogens is 1. The molecule has 0 radical (unpaired) electrons. The average Bonchev–Trinajstić information content (AvgIpc) is 2.73. The molecule has 0 amide bonds. The lowest BCUT2D eigenvalue weighted by Gasteiger charge is -2.18. The Labute approximate surface area is 95.2 Å². The third kappa shape index (κ3) is 2.82. The second-order valence-corrected chi connectivity index (χ2v) is 3.79.